The molecule has 2 saturated heterocycles. The zero-order chi connectivity index (χ0) is 15.0. The van der Waals surface area contributed by atoms with Crippen LogP contribution in [0.3, 0.4) is 0 Å². The third kappa shape index (κ3) is 2.90. The molecule has 0 saturated carbocycles. The van der Waals surface area contributed by atoms with Crippen LogP contribution in [0.5, 0.6) is 0 Å². The van der Waals surface area contributed by atoms with Gasteiger partial charge in [0.25, 0.3) is 0 Å². The number of carbonyl (C=O) groups is 1. The molecule has 0 bridgehead atoms. The first-order valence-corrected chi connectivity index (χ1v) is 7.94. The number of hydrogen-bond donors (Lipinski definition) is 0. The van der Waals surface area contributed by atoms with E-state index in [0.717, 1.165) is 19.4 Å². The minimum absolute atomic E-state index is 0.202. The molecule has 2 aliphatic heterocycles. The number of ketones is 1. The number of Topliss-reactive ketones (excluding diaryl/α,β-unsaturated/α-hetero) is 1. The predicted molar refractivity (Wildman–Crippen MR) is 82.9 cm³/mol. The summed E-state index contributed by atoms with van der Waals surface area (Å²) in [4.78, 5) is 14.8. The molecule has 0 amide bonds. The smallest absolute Gasteiger partial charge is 0.139 e. The van der Waals surface area contributed by atoms with Gasteiger partial charge in [-0.3, -0.25) is 9.69 Å². The molecule has 21 heavy (non-hydrogen) atoms. The monoisotopic (exact) mass is 287 g/mol. The molecule has 0 aromatic heterocycles. The Morgan fingerprint density at radius 1 is 1.24 bits per heavy atom. The van der Waals surface area contributed by atoms with Crippen molar-refractivity contribution >= 4 is 5.78 Å². The first-order chi connectivity index (χ1) is 9.97. The number of hydrogen-bond acceptors (Lipinski definition) is 3. The Balaban J connectivity index is 1.77. The summed E-state index contributed by atoms with van der Waals surface area (Å²) in [6, 6.07) is 11.2. The average Bonchev–Trinajstić information content (AvgIpc) is 3.02. The molecule has 2 aliphatic rings. The second-order valence-corrected chi connectivity index (χ2v) is 7.27. The summed E-state index contributed by atoms with van der Waals surface area (Å²) < 4.78 is 5.96. The summed E-state index contributed by atoms with van der Waals surface area (Å²) in [6.45, 7) is 6.78. The van der Waals surface area contributed by atoms with Gasteiger partial charge in [0.15, 0.2) is 0 Å². The van der Waals surface area contributed by atoms with E-state index < -0.39 is 0 Å². The van der Waals surface area contributed by atoms with Crippen molar-refractivity contribution in [2.75, 3.05) is 6.61 Å². The minimum Gasteiger partial charge on any atom is -0.361 e. The van der Waals surface area contributed by atoms with Gasteiger partial charge in [-0.1, -0.05) is 51.1 Å². The average molecular weight is 287 g/mol. The number of carbonyl (C=O) groups excluding carboxylic acids is 1. The van der Waals surface area contributed by atoms with Crippen molar-refractivity contribution in [2.24, 2.45) is 5.41 Å². The van der Waals surface area contributed by atoms with Crippen LogP contribution in [-0.2, 0) is 9.53 Å². The fraction of sp³-hybridized carbons (Fsp3) is 0.611. The van der Waals surface area contributed by atoms with E-state index in [9.17, 15) is 4.79 Å². The molecule has 0 N–H and O–H groups in total. The maximum absolute atomic E-state index is 12.4. The van der Waals surface area contributed by atoms with E-state index in [0.29, 0.717) is 24.3 Å². The molecule has 1 aromatic carbocycles. The fourth-order valence-corrected chi connectivity index (χ4v) is 3.45. The van der Waals surface area contributed by atoms with Crippen LogP contribution in [0.25, 0.3) is 0 Å². The lowest BCUT2D eigenvalue weighted by Crippen LogP contribution is -2.37. The van der Waals surface area contributed by atoms with E-state index in [-0.39, 0.29) is 11.6 Å². The topological polar surface area (TPSA) is 29.5 Å². The van der Waals surface area contributed by atoms with Gasteiger partial charge in [0.05, 0.1) is 12.6 Å². The van der Waals surface area contributed by atoms with E-state index in [1.54, 1.807) is 0 Å². The molecule has 2 heterocycles. The number of nitrogens with zero attached hydrogens (tertiary/aromatic N) is 1. The van der Waals surface area contributed by atoms with Crippen molar-refractivity contribution in [2.45, 2.75) is 58.3 Å². The molecule has 0 aliphatic carbocycles. The maximum Gasteiger partial charge on any atom is 0.139 e. The lowest BCUT2D eigenvalue weighted by atomic mass is 9.86. The summed E-state index contributed by atoms with van der Waals surface area (Å²) in [5.41, 5.74) is 1.05. The van der Waals surface area contributed by atoms with Crippen LogP contribution in [0.1, 0.15) is 51.6 Å². The van der Waals surface area contributed by atoms with Gasteiger partial charge >= 0.3 is 0 Å². The zero-order valence-corrected chi connectivity index (χ0v) is 13.2. The van der Waals surface area contributed by atoms with Gasteiger partial charge in [0.2, 0.25) is 0 Å². The quantitative estimate of drug-likeness (QED) is 0.851. The molecule has 2 fully saturated rings. The minimum atomic E-state index is -0.249. The summed E-state index contributed by atoms with van der Waals surface area (Å²) >= 11 is 0. The molecule has 1 aromatic rings. The number of ether oxygens (including phenoxy) is 1. The van der Waals surface area contributed by atoms with Crippen LogP contribution < -0.4 is 0 Å². The molecule has 3 unspecified atom stereocenters. The first-order valence-electron chi connectivity index (χ1n) is 7.94. The molecule has 0 radical (unpaired) electrons. The van der Waals surface area contributed by atoms with Crippen LogP contribution in [0, 0.1) is 5.41 Å². The molecule has 3 nitrogen and oxygen atoms in total. The lowest BCUT2D eigenvalue weighted by molar-refractivity contribution is -0.127. The Morgan fingerprint density at radius 3 is 2.62 bits per heavy atom. The zero-order valence-electron chi connectivity index (χ0n) is 13.2. The van der Waals surface area contributed by atoms with Crippen molar-refractivity contribution in [1.29, 1.82) is 0 Å². The van der Waals surface area contributed by atoms with Gasteiger partial charge in [0, 0.05) is 17.9 Å². The predicted octanol–water partition coefficient (Wildman–Crippen LogP) is 3.55. The summed E-state index contributed by atoms with van der Waals surface area (Å²) in [5.74, 6) is 0.354. The van der Waals surface area contributed by atoms with Crippen LogP contribution in [0.4, 0.5) is 0 Å². The van der Waals surface area contributed by atoms with E-state index in [1.807, 2.05) is 26.8 Å². The number of benzene rings is 1. The van der Waals surface area contributed by atoms with E-state index in [1.165, 1.54) is 5.56 Å². The molecule has 114 valence electrons. The van der Waals surface area contributed by atoms with Crippen molar-refractivity contribution in [1.82, 2.24) is 4.90 Å². The van der Waals surface area contributed by atoms with Crippen molar-refractivity contribution in [3.05, 3.63) is 35.9 Å². The van der Waals surface area contributed by atoms with Gasteiger partial charge in [-0.15, -0.1) is 0 Å². The van der Waals surface area contributed by atoms with Gasteiger partial charge < -0.3 is 4.74 Å². The van der Waals surface area contributed by atoms with Crippen LogP contribution in [-0.4, -0.2) is 29.6 Å². The molecular weight excluding hydrogens is 262 g/mol. The van der Waals surface area contributed by atoms with Crippen molar-refractivity contribution in [3.8, 4) is 0 Å². The van der Waals surface area contributed by atoms with Gasteiger partial charge in [-0.2, -0.15) is 0 Å². The second kappa shape index (κ2) is 5.54. The van der Waals surface area contributed by atoms with Crippen molar-refractivity contribution in [3.63, 3.8) is 0 Å². The number of rotatable bonds is 3. The second-order valence-electron chi connectivity index (χ2n) is 7.27. The van der Waals surface area contributed by atoms with E-state index in [2.05, 4.69) is 29.2 Å². The Hall–Kier alpha value is -1.19. The van der Waals surface area contributed by atoms with E-state index in [4.69, 9.17) is 4.74 Å². The molecular formula is C18H25NO2. The lowest BCUT2D eigenvalue weighted by Gasteiger charge is -2.30. The Kier molecular flexibility index (Phi) is 3.89. The first kappa shape index (κ1) is 14.7. The standard InChI is InChI=1S/C18H25NO2/c1-18(2,3)16(20)11-14-9-10-17-19(14)15(12-21-17)13-7-5-4-6-8-13/h4-8,14-15,17H,9-12H2,1-3H3. The van der Waals surface area contributed by atoms with Crippen LogP contribution >= 0.6 is 0 Å². The summed E-state index contributed by atoms with van der Waals surface area (Å²) in [5, 5.41) is 0. The highest BCUT2D eigenvalue weighted by Gasteiger charge is 2.45. The normalized spacial score (nSPS) is 29.6. The third-order valence-corrected chi connectivity index (χ3v) is 4.75. The number of fused-ring (bicyclic) bond motifs is 1. The highest BCUT2D eigenvalue weighted by Crippen LogP contribution is 2.41. The van der Waals surface area contributed by atoms with Crippen LogP contribution in [0.15, 0.2) is 30.3 Å². The highest BCUT2D eigenvalue weighted by atomic mass is 16.5. The van der Waals surface area contributed by atoms with Crippen molar-refractivity contribution < 1.29 is 9.53 Å². The molecule has 3 rings (SSSR count). The fourth-order valence-electron chi connectivity index (χ4n) is 3.45. The Labute approximate surface area is 127 Å². The van der Waals surface area contributed by atoms with Gasteiger partial charge in [-0.25, -0.2) is 0 Å². The molecule has 3 atom stereocenters. The van der Waals surface area contributed by atoms with Crippen LogP contribution in [0.2, 0.25) is 0 Å². The van der Waals surface area contributed by atoms with Gasteiger partial charge in [-0.05, 0) is 18.4 Å². The Bertz CT molecular complexity index is 506. The van der Waals surface area contributed by atoms with E-state index >= 15 is 0 Å². The van der Waals surface area contributed by atoms with Gasteiger partial charge in [0.1, 0.15) is 12.0 Å². The molecule has 0 spiro atoms. The largest absolute Gasteiger partial charge is 0.361 e. The Morgan fingerprint density at radius 2 is 1.95 bits per heavy atom. The third-order valence-electron chi connectivity index (χ3n) is 4.75. The SMILES string of the molecule is CC(C)(C)C(=O)CC1CCC2OCC(c3ccccc3)N12. The summed E-state index contributed by atoms with van der Waals surface area (Å²) in [7, 11) is 0. The maximum atomic E-state index is 12.4. The molecule has 3 heteroatoms. The summed E-state index contributed by atoms with van der Waals surface area (Å²) in [6.07, 6.45) is 2.96. The highest BCUT2D eigenvalue weighted by molar-refractivity contribution is 5.84.